The van der Waals surface area contributed by atoms with Crippen molar-refractivity contribution in [1.29, 1.82) is 0 Å². The summed E-state index contributed by atoms with van der Waals surface area (Å²) in [5.74, 6) is -0.861. The molecule has 0 aromatic carbocycles. The molecule has 0 radical (unpaired) electrons. The fraction of sp³-hybridized carbons (Fsp3) is 0.750. The van der Waals surface area contributed by atoms with Crippen LogP contribution in [0.5, 0.6) is 0 Å². The van der Waals surface area contributed by atoms with Gasteiger partial charge in [0, 0.05) is 25.5 Å². The zero-order valence-electron chi connectivity index (χ0n) is 19.1. The third-order valence-electron chi connectivity index (χ3n) is 6.65. The molecule has 186 valence electrons. The summed E-state index contributed by atoms with van der Waals surface area (Å²) < 4.78 is 45.9. The molecule has 2 aliphatic rings. The van der Waals surface area contributed by atoms with Crippen molar-refractivity contribution >= 4 is 11.8 Å². The van der Waals surface area contributed by atoms with Gasteiger partial charge in [-0.2, -0.15) is 13.2 Å². The molecule has 2 unspecified atom stereocenters. The summed E-state index contributed by atoms with van der Waals surface area (Å²) in [6.07, 6.45) is 3.71. The van der Waals surface area contributed by atoms with Gasteiger partial charge in [0.1, 0.15) is 17.9 Å². The van der Waals surface area contributed by atoms with Crippen molar-refractivity contribution in [2.45, 2.75) is 88.9 Å². The normalized spacial score (nSPS) is 18.9. The largest absolute Gasteiger partial charge is 0.480 e. The molecule has 0 aliphatic carbocycles. The van der Waals surface area contributed by atoms with Crippen LogP contribution >= 0.6 is 0 Å². The van der Waals surface area contributed by atoms with Gasteiger partial charge in [-0.1, -0.05) is 31.7 Å². The number of carbonyl (C=O) groups is 1. The summed E-state index contributed by atoms with van der Waals surface area (Å²) in [7, 11) is 0. The zero-order valence-corrected chi connectivity index (χ0v) is 19.1. The molecule has 2 atom stereocenters. The summed E-state index contributed by atoms with van der Waals surface area (Å²) in [6, 6.07) is 1.25. The molecule has 6 nitrogen and oxygen atoms in total. The number of rotatable bonds is 12. The number of unbranched alkanes of at least 4 members (excludes halogenated alkanes) is 4. The van der Waals surface area contributed by atoms with Crippen molar-refractivity contribution in [1.82, 2.24) is 10.3 Å². The van der Waals surface area contributed by atoms with Crippen LogP contribution in [-0.2, 0) is 22.4 Å². The number of hydrogen-bond acceptors (Lipinski definition) is 5. The van der Waals surface area contributed by atoms with Crippen molar-refractivity contribution in [2.24, 2.45) is 5.92 Å². The van der Waals surface area contributed by atoms with Crippen LogP contribution in [0.4, 0.5) is 19.0 Å². The lowest BCUT2D eigenvalue weighted by Gasteiger charge is -2.34. The molecule has 1 fully saturated rings. The van der Waals surface area contributed by atoms with Crippen LogP contribution in [0.2, 0.25) is 0 Å². The average molecular weight is 472 g/mol. The number of nitrogens with one attached hydrogen (secondary N) is 2. The maximum atomic E-state index is 13.6. The number of carboxylic acid groups (broad SMARTS) is 1. The minimum atomic E-state index is -4.48. The van der Waals surface area contributed by atoms with Crippen molar-refractivity contribution in [2.75, 3.05) is 25.1 Å². The van der Waals surface area contributed by atoms with E-state index < -0.39 is 30.1 Å². The van der Waals surface area contributed by atoms with E-state index in [1.807, 2.05) is 0 Å². The molecule has 0 amide bonds. The number of aromatic nitrogens is 1. The molecule has 3 N–H and O–H groups in total. The van der Waals surface area contributed by atoms with Crippen molar-refractivity contribution < 1.29 is 27.8 Å². The van der Waals surface area contributed by atoms with E-state index in [2.05, 4.69) is 22.8 Å². The number of fused-ring (bicyclic) bond motifs is 1. The lowest BCUT2D eigenvalue weighted by Crippen LogP contribution is -2.54. The predicted molar refractivity (Wildman–Crippen MR) is 120 cm³/mol. The molecule has 3 heterocycles. The van der Waals surface area contributed by atoms with Crippen LogP contribution in [-0.4, -0.2) is 54.1 Å². The molecule has 3 rings (SSSR count). The second kappa shape index (κ2) is 12.6. The first-order chi connectivity index (χ1) is 15.8. The highest BCUT2D eigenvalue weighted by Gasteiger charge is 2.46. The van der Waals surface area contributed by atoms with Crippen molar-refractivity contribution in [3.63, 3.8) is 0 Å². The maximum Gasteiger partial charge on any atom is 0.404 e. The lowest BCUT2D eigenvalue weighted by molar-refractivity contribution is -0.178. The van der Waals surface area contributed by atoms with Crippen molar-refractivity contribution in [3.05, 3.63) is 23.4 Å². The van der Waals surface area contributed by atoms with E-state index in [4.69, 9.17) is 9.72 Å². The summed E-state index contributed by atoms with van der Waals surface area (Å²) in [4.78, 5) is 16.3. The van der Waals surface area contributed by atoms with E-state index in [9.17, 15) is 23.1 Å². The quantitative estimate of drug-likeness (QED) is 0.383. The second-order valence-electron chi connectivity index (χ2n) is 9.17. The van der Waals surface area contributed by atoms with Crippen LogP contribution in [0.3, 0.4) is 0 Å². The fourth-order valence-electron chi connectivity index (χ4n) is 4.73. The predicted octanol–water partition coefficient (Wildman–Crippen LogP) is 4.72. The van der Waals surface area contributed by atoms with E-state index in [-0.39, 0.29) is 19.6 Å². The number of anilines is 1. The van der Waals surface area contributed by atoms with Crippen LogP contribution in [0, 0.1) is 5.92 Å². The molecule has 0 saturated carbocycles. The minimum Gasteiger partial charge on any atom is -0.480 e. The Balaban J connectivity index is 1.36. The van der Waals surface area contributed by atoms with Gasteiger partial charge in [0.25, 0.3) is 0 Å². The van der Waals surface area contributed by atoms with Crippen LogP contribution in [0.15, 0.2) is 12.1 Å². The number of ether oxygens (including phenoxy) is 1. The number of pyridine rings is 1. The van der Waals surface area contributed by atoms with Gasteiger partial charge in [-0.25, -0.2) is 4.98 Å². The van der Waals surface area contributed by atoms with Gasteiger partial charge >= 0.3 is 12.1 Å². The molecular weight excluding hydrogens is 435 g/mol. The fourth-order valence-corrected chi connectivity index (χ4v) is 4.73. The number of hydrogen-bond donors (Lipinski definition) is 3. The topological polar surface area (TPSA) is 83.5 Å². The Morgan fingerprint density at radius 3 is 2.64 bits per heavy atom. The highest BCUT2D eigenvalue weighted by atomic mass is 19.4. The summed E-state index contributed by atoms with van der Waals surface area (Å²) in [5.41, 5.74) is 2.35. The van der Waals surface area contributed by atoms with Gasteiger partial charge in [0.2, 0.25) is 0 Å². The van der Waals surface area contributed by atoms with Gasteiger partial charge in [0.15, 0.2) is 0 Å². The first-order valence-electron chi connectivity index (χ1n) is 12.2. The number of nitrogens with zero attached hydrogens (tertiary/aromatic N) is 1. The maximum absolute atomic E-state index is 13.6. The Kier molecular flexibility index (Phi) is 9.79. The Bertz CT molecular complexity index is 754. The molecular formula is C24H36F3N3O3. The lowest BCUT2D eigenvalue weighted by atomic mass is 9.90. The minimum absolute atomic E-state index is 0.198. The standard InChI is InChI=1S/C24H36F3N3O3/c25-24(26,27)21(17-12-15-33-16-13-17)30-20(23(31)32)9-5-3-1-2-4-8-19-11-10-18-7-6-14-28-22(18)29-19/h10-11,17,20-21,30H,1-9,12-16H2,(H,28,29)(H,31,32). The third-order valence-corrected chi connectivity index (χ3v) is 6.65. The Morgan fingerprint density at radius 2 is 1.91 bits per heavy atom. The number of alkyl halides is 3. The average Bonchev–Trinajstić information content (AvgIpc) is 2.79. The second-order valence-corrected chi connectivity index (χ2v) is 9.17. The number of aryl methyl sites for hydroxylation is 2. The smallest absolute Gasteiger partial charge is 0.404 e. The zero-order chi connectivity index (χ0) is 23.7. The molecule has 9 heteroatoms. The van der Waals surface area contributed by atoms with E-state index >= 15 is 0 Å². The Hall–Kier alpha value is -1.87. The van der Waals surface area contributed by atoms with Crippen LogP contribution < -0.4 is 10.6 Å². The Morgan fingerprint density at radius 1 is 1.18 bits per heavy atom. The summed E-state index contributed by atoms with van der Waals surface area (Å²) in [6.45, 7) is 1.54. The molecule has 1 aromatic heterocycles. The van der Waals surface area contributed by atoms with E-state index in [0.717, 1.165) is 63.0 Å². The van der Waals surface area contributed by atoms with Gasteiger partial charge in [-0.15, -0.1) is 0 Å². The highest BCUT2D eigenvalue weighted by molar-refractivity contribution is 5.73. The SMILES string of the molecule is O=C(O)C(CCCCCCCc1ccc2c(n1)NCCC2)NC(C1CCOCC1)C(F)(F)F. The molecule has 1 saturated heterocycles. The van der Waals surface area contributed by atoms with E-state index in [1.165, 1.54) is 5.56 Å². The van der Waals surface area contributed by atoms with Gasteiger partial charge in [-0.3, -0.25) is 10.1 Å². The number of aliphatic carboxylic acids is 1. The first-order valence-corrected chi connectivity index (χ1v) is 12.2. The monoisotopic (exact) mass is 471 g/mol. The van der Waals surface area contributed by atoms with E-state index in [1.54, 1.807) is 0 Å². The van der Waals surface area contributed by atoms with Crippen molar-refractivity contribution in [3.8, 4) is 0 Å². The molecule has 33 heavy (non-hydrogen) atoms. The molecule has 2 aliphatic heterocycles. The molecule has 0 bridgehead atoms. The highest BCUT2D eigenvalue weighted by Crippen LogP contribution is 2.32. The van der Waals surface area contributed by atoms with Gasteiger partial charge in [-0.05, 0) is 62.5 Å². The first kappa shape index (κ1) is 25.7. The Labute approximate surface area is 193 Å². The van der Waals surface area contributed by atoms with Gasteiger partial charge in [0.05, 0.1) is 0 Å². The van der Waals surface area contributed by atoms with Crippen LogP contribution in [0.1, 0.15) is 69.0 Å². The summed E-state index contributed by atoms with van der Waals surface area (Å²) in [5, 5.41) is 15.2. The molecule has 0 spiro atoms. The number of halogens is 3. The number of carboxylic acids is 1. The summed E-state index contributed by atoms with van der Waals surface area (Å²) >= 11 is 0. The van der Waals surface area contributed by atoms with Gasteiger partial charge < -0.3 is 15.2 Å². The van der Waals surface area contributed by atoms with Crippen LogP contribution in [0.25, 0.3) is 0 Å². The molecule has 1 aromatic rings. The third kappa shape index (κ3) is 8.14. The van der Waals surface area contributed by atoms with E-state index in [0.29, 0.717) is 19.3 Å².